The summed E-state index contributed by atoms with van der Waals surface area (Å²) in [5.74, 6) is 0.540. The molecule has 0 bridgehead atoms. The Morgan fingerprint density at radius 2 is 1.82 bits per heavy atom. The molecule has 2 aromatic rings. The van der Waals surface area contributed by atoms with Gasteiger partial charge in [-0.3, -0.25) is 0 Å². The van der Waals surface area contributed by atoms with Gasteiger partial charge in [-0.1, -0.05) is 36.9 Å². The van der Waals surface area contributed by atoms with Crippen molar-refractivity contribution in [1.29, 1.82) is 0 Å². The van der Waals surface area contributed by atoms with E-state index in [0.717, 1.165) is 35.8 Å². The molecule has 22 heavy (non-hydrogen) atoms. The molecular weight excluding hydrogens is 274 g/mol. The molecule has 0 saturated heterocycles. The molecule has 0 amide bonds. The number of phenols is 1. The molecule has 1 atom stereocenters. The molecule has 1 unspecified atom stereocenters. The number of aldehydes is 1. The summed E-state index contributed by atoms with van der Waals surface area (Å²) in [5, 5.41) is 12.8. The third-order valence-electron chi connectivity index (χ3n) is 4.27. The van der Waals surface area contributed by atoms with Crippen molar-refractivity contribution in [3.8, 4) is 16.9 Å². The number of hydrogen-bond donors (Lipinski definition) is 2. The summed E-state index contributed by atoms with van der Waals surface area (Å²) in [5.41, 5.74) is 2.14. The topological polar surface area (TPSA) is 49.3 Å². The van der Waals surface area contributed by atoms with E-state index < -0.39 is 5.54 Å². The van der Waals surface area contributed by atoms with E-state index in [4.69, 9.17) is 0 Å². The van der Waals surface area contributed by atoms with Crippen LogP contribution in [0.3, 0.4) is 0 Å². The van der Waals surface area contributed by atoms with E-state index in [1.54, 1.807) is 18.3 Å². The molecule has 1 fully saturated rings. The number of benzene rings is 2. The smallest absolute Gasteiger partial charge is 0.150 e. The number of carbonyl (C=O) groups excluding carboxylic acids is 1. The van der Waals surface area contributed by atoms with Gasteiger partial charge in [-0.25, -0.2) is 0 Å². The predicted molar refractivity (Wildman–Crippen MR) is 87.3 cm³/mol. The van der Waals surface area contributed by atoms with Crippen LogP contribution < -0.4 is 5.32 Å². The quantitative estimate of drug-likeness (QED) is 0.800. The van der Waals surface area contributed by atoms with Crippen molar-refractivity contribution in [1.82, 2.24) is 5.32 Å². The minimum atomic E-state index is -0.700. The van der Waals surface area contributed by atoms with Gasteiger partial charge in [0.1, 0.15) is 17.6 Å². The molecule has 112 valence electrons. The van der Waals surface area contributed by atoms with Crippen LogP contribution in [0, 0.1) is 5.92 Å². The summed E-state index contributed by atoms with van der Waals surface area (Å²) in [6, 6.07) is 15.0. The number of rotatable bonds is 6. The molecule has 3 rings (SSSR count). The normalized spacial score (nSPS) is 16.5. The van der Waals surface area contributed by atoms with Crippen LogP contribution in [-0.2, 0) is 10.3 Å². The predicted octanol–water partition coefficient (Wildman–Crippen LogP) is 3.60. The van der Waals surface area contributed by atoms with Gasteiger partial charge in [0.25, 0.3) is 0 Å². The SMILES string of the molecule is C=CNC(C=O)(c1cccc(-c2cccc(O)c2)c1)C1CC1. The summed E-state index contributed by atoms with van der Waals surface area (Å²) in [4.78, 5) is 11.9. The lowest BCUT2D eigenvalue weighted by molar-refractivity contribution is -0.114. The first-order chi connectivity index (χ1) is 10.7. The maximum atomic E-state index is 11.9. The van der Waals surface area contributed by atoms with Gasteiger partial charge in [0.2, 0.25) is 0 Å². The number of hydrogen-bond acceptors (Lipinski definition) is 3. The second kappa shape index (κ2) is 5.68. The van der Waals surface area contributed by atoms with Crippen LogP contribution in [0.2, 0.25) is 0 Å². The second-order valence-electron chi connectivity index (χ2n) is 5.74. The van der Waals surface area contributed by atoms with Gasteiger partial charge in [-0.2, -0.15) is 0 Å². The van der Waals surface area contributed by atoms with E-state index in [0.29, 0.717) is 5.92 Å². The summed E-state index contributed by atoms with van der Waals surface area (Å²) >= 11 is 0. The van der Waals surface area contributed by atoms with Gasteiger partial charge >= 0.3 is 0 Å². The Balaban J connectivity index is 2.06. The van der Waals surface area contributed by atoms with Crippen molar-refractivity contribution < 1.29 is 9.90 Å². The first kappa shape index (κ1) is 14.4. The van der Waals surface area contributed by atoms with Crippen LogP contribution >= 0.6 is 0 Å². The molecule has 2 N–H and O–H groups in total. The fourth-order valence-corrected chi connectivity index (χ4v) is 2.98. The van der Waals surface area contributed by atoms with Gasteiger partial charge in [0, 0.05) is 0 Å². The fraction of sp³-hybridized carbons (Fsp3) is 0.211. The Labute approximate surface area is 130 Å². The number of aromatic hydroxyl groups is 1. The van der Waals surface area contributed by atoms with Crippen molar-refractivity contribution in [3.05, 3.63) is 66.9 Å². The molecule has 2 aromatic carbocycles. The lowest BCUT2D eigenvalue weighted by atomic mass is 9.85. The molecule has 0 aliphatic heterocycles. The third kappa shape index (κ3) is 2.50. The van der Waals surface area contributed by atoms with Gasteiger partial charge in [0.15, 0.2) is 0 Å². The van der Waals surface area contributed by atoms with E-state index in [9.17, 15) is 9.90 Å². The van der Waals surface area contributed by atoms with E-state index in [1.807, 2.05) is 36.4 Å². The molecule has 1 saturated carbocycles. The molecular formula is C19H19NO2. The molecule has 0 heterocycles. The van der Waals surface area contributed by atoms with Gasteiger partial charge in [-0.05, 0) is 59.8 Å². The monoisotopic (exact) mass is 293 g/mol. The Kier molecular flexibility index (Phi) is 3.72. The van der Waals surface area contributed by atoms with E-state index in [-0.39, 0.29) is 5.75 Å². The van der Waals surface area contributed by atoms with Crippen LogP contribution in [0.4, 0.5) is 0 Å². The number of phenolic OH excluding ortho intramolecular Hbond substituents is 1. The highest BCUT2D eigenvalue weighted by Crippen LogP contribution is 2.45. The van der Waals surface area contributed by atoms with E-state index in [2.05, 4.69) is 11.9 Å². The first-order valence-corrected chi connectivity index (χ1v) is 7.44. The molecule has 1 aliphatic rings. The minimum Gasteiger partial charge on any atom is -0.508 e. The highest BCUT2D eigenvalue weighted by atomic mass is 16.3. The molecule has 3 heteroatoms. The van der Waals surface area contributed by atoms with Crippen molar-refractivity contribution >= 4 is 6.29 Å². The number of carbonyl (C=O) groups is 1. The molecule has 0 radical (unpaired) electrons. The van der Waals surface area contributed by atoms with Crippen molar-refractivity contribution in [2.24, 2.45) is 5.92 Å². The van der Waals surface area contributed by atoms with Crippen LogP contribution in [0.25, 0.3) is 11.1 Å². The van der Waals surface area contributed by atoms with Gasteiger partial charge < -0.3 is 15.2 Å². The maximum absolute atomic E-state index is 11.9. The van der Waals surface area contributed by atoms with Crippen LogP contribution in [0.1, 0.15) is 18.4 Å². The maximum Gasteiger partial charge on any atom is 0.150 e. The van der Waals surface area contributed by atoms with Gasteiger partial charge in [-0.15, -0.1) is 0 Å². The van der Waals surface area contributed by atoms with Crippen LogP contribution in [0.15, 0.2) is 61.3 Å². The number of nitrogens with one attached hydrogen (secondary N) is 1. The summed E-state index contributed by atoms with van der Waals surface area (Å²) in [6.07, 6.45) is 4.66. The Hall–Kier alpha value is -2.55. The minimum absolute atomic E-state index is 0.232. The average molecular weight is 293 g/mol. The zero-order chi connectivity index (χ0) is 15.6. The average Bonchev–Trinajstić information content (AvgIpc) is 3.38. The zero-order valence-electron chi connectivity index (χ0n) is 12.3. The van der Waals surface area contributed by atoms with Crippen LogP contribution in [-0.4, -0.2) is 11.4 Å². The molecule has 3 nitrogen and oxygen atoms in total. The lowest BCUT2D eigenvalue weighted by Crippen LogP contribution is -2.43. The molecule has 1 aliphatic carbocycles. The Bertz CT molecular complexity index is 706. The molecule has 0 spiro atoms. The third-order valence-corrected chi connectivity index (χ3v) is 4.27. The summed E-state index contributed by atoms with van der Waals surface area (Å²) in [6.45, 7) is 3.72. The van der Waals surface area contributed by atoms with Crippen molar-refractivity contribution in [3.63, 3.8) is 0 Å². The van der Waals surface area contributed by atoms with Gasteiger partial charge in [0.05, 0.1) is 0 Å². The van der Waals surface area contributed by atoms with Crippen LogP contribution in [0.5, 0.6) is 5.75 Å². The first-order valence-electron chi connectivity index (χ1n) is 7.44. The fourth-order valence-electron chi connectivity index (χ4n) is 2.98. The zero-order valence-corrected chi connectivity index (χ0v) is 12.3. The second-order valence-corrected chi connectivity index (χ2v) is 5.74. The van der Waals surface area contributed by atoms with E-state index >= 15 is 0 Å². The highest BCUT2D eigenvalue weighted by molar-refractivity contribution is 5.73. The van der Waals surface area contributed by atoms with Crippen molar-refractivity contribution in [2.75, 3.05) is 0 Å². The lowest BCUT2D eigenvalue weighted by Gasteiger charge is -2.29. The highest BCUT2D eigenvalue weighted by Gasteiger charge is 2.46. The van der Waals surface area contributed by atoms with Crippen molar-refractivity contribution in [2.45, 2.75) is 18.4 Å². The summed E-state index contributed by atoms with van der Waals surface area (Å²) < 4.78 is 0. The Morgan fingerprint density at radius 3 is 2.41 bits per heavy atom. The van der Waals surface area contributed by atoms with E-state index in [1.165, 1.54) is 0 Å². The summed E-state index contributed by atoms with van der Waals surface area (Å²) in [7, 11) is 0. The standard InChI is InChI=1S/C19H19NO2/c1-2-20-19(13-21,16-9-10-16)17-7-3-5-14(11-17)15-6-4-8-18(22)12-15/h2-8,11-13,16,20,22H,1,9-10H2. The Morgan fingerprint density at radius 1 is 1.14 bits per heavy atom. The molecule has 0 aromatic heterocycles. The largest absolute Gasteiger partial charge is 0.508 e.